The highest BCUT2D eigenvalue weighted by molar-refractivity contribution is 6.29. The molecule has 4 rings (SSSR count). The summed E-state index contributed by atoms with van der Waals surface area (Å²) in [5.41, 5.74) is 6.41. The van der Waals surface area contributed by atoms with Crippen LogP contribution in [0, 0.1) is 0 Å². The number of ether oxygens (including phenoxy) is 1. The molecular formula is C26H23ClN2O3. The minimum absolute atomic E-state index is 0.0431. The minimum atomic E-state index is -0.448. The van der Waals surface area contributed by atoms with Crippen LogP contribution in [0.3, 0.4) is 0 Å². The van der Waals surface area contributed by atoms with Crippen molar-refractivity contribution < 1.29 is 14.3 Å². The highest BCUT2D eigenvalue weighted by Crippen LogP contribution is 2.44. The van der Waals surface area contributed by atoms with Gasteiger partial charge in [0.25, 0.3) is 0 Å². The van der Waals surface area contributed by atoms with Gasteiger partial charge in [-0.2, -0.15) is 0 Å². The van der Waals surface area contributed by atoms with Gasteiger partial charge in [0.05, 0.1) is 0 Å². The first kappa shape index (κ1) is 21.7. The second-order valence-corrected chi connectivity index (χ2v) is 7.68. The maximum absolute atomic E-state index is 12.2. The van der Waals surface area contributed by atoms with Crippen molar-refractivity contribution in [2.75, 3.05) is 24.3 Å². The molecule has 0 spiro atoms. The summed E-state index contributed by atoms with van der Waals surface area (Å²) < 4.78 is 5.52. The molecule has 0 heterocycles. The molecule has 0 fully saturated rings. The van der Waals surface area contributed by atoms with Gasteiger partial charge in [-0.1, -0.05) is 72.8 Å². The molecule has 1 aliphatic rings. The van der Waals surface area contributed by atoms with Crippen LogP contribution in [0.5, 0.6) is 0 Å². The lowest BCUT2D eigenvalue weighted by Crippen LogP contribution is -2.26. The molecule has 0 saturated heterocycles. The number of alkyl carbamates (subject to hydrolysis) is 1. The molecule has 3 aromatic rings. The fraction of sp³-hybridized carbons (Fsp3) is 0.154. The summed E-state index contributed by atoms with van der Waals surface area (Å²) in [7, 11) is 0. The standard InChI is InChI=1S/C26H23ClN2O3/c27-16-25(30)29-19-13-11-18(12-14-19)6-5-15-28-26(31)32-17-24-22-9-3-1-7-20(22)21-8-2-4-10-23(21)24/h1-14,24H,15-17H2,(H,28,31)(H,29,30). The van der Waals surface area contributed by atoms with Crippen molar-refractivity contribution in [3.8, 4) is 11.1 Å². The lowest BCUT2D eigenvalue weighted by atomic mass is 9.98. The zero-order chi connectivity index (χ0) is 22.3. The smallest absolute Gasteiger partial charge is 0.407 e. The molecule has 0 radical (unpaired) electrons. The average molecular weight is 447 g/mol. The van der Waals surface area contributed by atoms with Gasteiger partial charge in [-0.3, -0.25) is 4.79 Å². The van der Waals surface area contributed by atoms with Crippen molar-refractivity contribution >= 4 is 35.4 Å². The van der Waals surface area contributed by atoms with Gasteiger partial charge in [0.15, 0.2) is 0 Å². The van der Waals surface area contributed by atoms with E-state index in [4.69, 9.17) is 16.3 Å². The molecule has 0 bridgehead atoms. The van der Waals surface area contributed by atoms with E-state index < -0.39 is 6.09 Å². The highest BCUT2D eigenvalue weighted by atomic mass is 35.5. The van der Waals surface area contributed by atoms with E-state index >= 15 is 0 Å². The second-order valence-electron chi connectivity index (χ2n) is 7.41. The number of halogens is 1. The van der Waals surface area contributed by atoms with Crippen molar-refractivity contribution in [3.63, 3.8) is 0 Å². The molecule has 32 heavy (non-hydrogen) atoms. The van der Waals surface area contributed by atoms with Gasteiger partial charge in [0, 0.05) is 18.2 Å². The Balaban J connectivity index is 1.27. The number of fused-ring (bicyclic) bond motifs is 3. The Bertz CT molecular complexity index is 1100. The van der Waals surface area contributed by atoms with Crippen molar-refractivity contribution in [1.29, 1.82) is 0 Å². The zero-order valence-corrected chi connectivity index (χ0v) is 18.1. The molecule has 0 unspecified atom stereocenters. The molecular weight excluding hydrogens is 424 g/mol. The van der Waals surface area contributed by atoms with Crippen LogP contribution >= 0.6 is 11.6 Å². The van der Waals surface area contributed by atoms with Crippen LogP contribution < -0.4 is 10.6 Å². The minimum Gasteiger partial charge on any atom is -0.449 e. The quantitative estimate of drug-likeness (QED) is 0.476. The Hall–Kier alpha value is -3.57. The van der Waals surface area contributed by atoms with E-state index in [9.17, 15) is 9.59 Å². The van der Waals surface area contributed by atoms with Crippen LogP contribution in [0.2, 0.25) is 0 Å². The number of carbonyl (C=O) groups excluding carboxylic acids is 2. The van der Waals surface area contributed by atoms with Crippen LogP contribution in [0.4, 0.5) is 10.5 Å². The molecule has 1 aliphatic carbocycles. The van der Waals surface area contributed by atoms with Gasteiger partial charge in [0.1, 0.15) is 12.5 Å². The highest BCUT2D eigenvalue weighted by Gasteiger charge is 2.28. The predicted octanol–water partition coefficient (Wildman–Crippen LogP) is 5.42. The van der Waals surface area contributed by atoms with Crippen LogP contribution in [0.25, 0.3) is 17.2 Å². The second kappa shape index (κ2) is 10.2. The molecule has 0 atom stereocenters. The first-order chi connectivity index (χ1) is 15.7. The molecule has 5 nitrogen and oxygen atoms in total. The number of hydrogen-bond acceptors (Lipinski definition) is 3. The summed E-state index contributed by atoms with van der Waals surface area (Å²) >= 11 is 5.48. The third kappa shape index (κ3) is 5.01. The fourth-order valence-corrected chi connectivity index (χ4v) is 3.93. The number of hydrogen-bond donors (Lipinski definition) is 2. The van der Waals surface area contributed by atoms with Gasteiger partial charge in [-0.25, -0.2) is 4.79 Å². The molecule has 0 aromatic heterocycles. The van der Waals surface area contributed by atoms with Crippen molar-refractivity contribution in [1.82, 2.24) is 5.32 Å². The maximum Gasteiger partial charge on any atom is 0.407 e. The van der Waals surface area contributed by atoms with E-state index in [0.717, 1.165) is 5.56 Å². The third-order valence-electron chi connectivity index (χ3n) is 5.33. The summed E-state index contributed by atoms with van der Waals surface area (Å²) in [6.07, 6.45) is 3.28. The summed E-state index contributed by atoms with van der Waals surface area (Å²) in [6, 6.07) is 23.8. The summed E-state index contributed by atoms with van der Waals surface area (Å²) in [5.74, 6) is -0.285. The van der Waals surface area contributed by atoms with Gasteiger partial charge in [-0.15, -0.1) is 11.6 Å². The van der Waals surface area contributed by atoms with E-state index in [1.54, 1.807) is 12.1 Å². The Labute approximate surface area is 192 Å². The predicted molar refractivity (Wildman–Crippen MR) is 128 cm³/mol. The Kier molecular flexibility index (Phi) is 6.87. The Morgan fingerprint density at radius 1 is 0.906 bits per heavy atom. The van der Waals surface area contributed by atoms with E-state index in [1.165, 1.54) is 22.3 Å². The number of amides is 2. The molecule has 0 saturated carbocycles. The maximum atomic E-state index is 12.2. The Morgan fingerprint density at radius 3 is 2.16 bits per heavy atom. The number of benzene rings is 3. The number of carbonyl (C=O) groups is 2. The summed E-state index contributed by atoms with van der Waals surface area (Å²) in [6.45, 7) is 0.639. The molecule has 2 amide bonds. The van der Waals surface area contributed by atoms with Gasteiger partial charge < -0.3 is 15.4 Å². The van der Waals surface area contributed by atoms with Crippen molar-refractivity contribution in [2.45, 2.75) is 5.92 Å². The van der Waals surface area contributed by atoms with E-state index in [1.807, 2.05) is 48.6 Å². The van der Waals surface area contributed by atoms with Crippen LogP contribution in [0.15, 0.2) is 78.9 Å². The normalized spacial score (nSPS) is 12.3. The largest absolute Gasteiger partial charge is 0.449 e. The number of anilines is 1. The zero-order valence-electron chi connectivity index (χ0n) is 17.4. The van der Waals surface area contributed by atoms with E-state index in [2.05, 4.69) is 34.9 Å². The van der Waals surface area contributed by atoms with Crippen LogP contribution in [-0.4, -0.2) is 31.0 Å². The molecule has 2 N–H and O–H groups in total. The average Bonchev–Trinajstić information content (AvgIpc) is 3.15. The molecule has 0 aliphatic heterocycles. The Morgan fingerprint density at radius 2 is 1.53 bits per heavy atom. The lowest BCUT2D eigenvalue weighted by Gasteiger charge is -2.14. The first-order valence-corrected chi connectivity index (χ1v) is 10.9. The van der Waals surface area contributed by atoms with Crippen molar-refractivity contribution in [3.05, 3.63) is 95.6 Å². The van der Waals surface area contributed by atoms with Gasteiger partial charge >= 0.3 is 6.09 Å². The lowest BCUT2D eigenvalue weighted by molar-refractivity contribution is -0.113. The molecule has 162 valence electrons. The van der Waals surface area contributed by atoms with Gasteiger partial charge in [0.2, 0.25) is 5.91 Å². The monoisotopic (exact) mass is 446 g/mol. The summed E-state index contributed by atoms with van der Waals surface area (Å²) in [4.78, 5) is 23.5. The fourth-order valence-electron chi connectivity index (χ4n) is 3.86. The third-order valence-corrected chi connectivity index (χ3v) is 5.58. The SMILES string of the molecule is O=C(CCl)Nc1ccc(C=CCNC(=O)OCC2c3ccccc3-c3ccccc32)cc1. The van der Waals surface area contributed by atoms with E-state index in [-0.39, 0.29) is 17.7 Å². The summed E-state index contributed by atoms with van der Waals surface area (Å²) in [5, 5.41) is 5.43. The molecule has 3 aromatic carbocycles. The van der Waals surface area contributed by atoms with Crippen LogP contribution in [-0.2, 0) is 9.53 Å². The number of alkyl halides is 1. The molecule has 6 heteroatoms. The number of nitrogens with one attached hydrogen (secondary N) is 2. The number of rotatable bonds is 7. The van der Waals surface area contributed by atoms with Gasteiger partial charge in [-0.05, 0) is 39.9 Å². The van der Waals surface area contributed by atoms with Crippen molar-refractivity contribution in [2.24, 2.45) is 0 Å². The first-order valence-electron chi connectivity index (χ1n) is 10.4. The topological polar surface area (TPSA) is 67.4 Å². The van der Waals surface area contributed by atoms with E-state index in [0.29, 0.717) is 18.8 Å². The van der Waals surface area contributed by atoms with Crippen LogP contribution in [0.1, 0.15) is 22.6 Å².